The zero-order valence-electron chi connectivity index (χ0n) is 8.97. The van der Waals surface area contributed by atoms with Crippen LogP contribution in [0, 0.1) is 10.6 Å². The molecular formula is C10H15IN2O. The third-order valence-electron chi connectivity index (χ3n) is 2.06. The molecule has 0 unspecified atom stereocenters. The minimum atomic E-state index is 0.140. The molecule has 14 heavy (non-hydrogen) atoms. The Morgan fingerprint density at radius 2 is 2.14 bits per heavy atom. The Morgan fingerprint density at radius 1 is 1.57 bits per heavy atom. The molecule has 0 bridgehead atoms. The van der Waals surface area contributed by atoms with Gasteiger partial charge in [0.05, 0.1) is 5.69 Å². The molecule has 1 aromatic heterocycles. The van der Waals surface area contributed by atoms with Crippen LogP contribution >= 0.6 is 22.6 Å². The zero-order valence-corrected chi connectivity index (χ0v) is 11.1. The first-order valence-electron chi connectivity index (χ1n) is 4.65. The Balaban J connectivity index is 3.10. The predicted octanol–water partition coefficient (Wildman–Crippen LogP) is 2.51. The molecule has 0 fully saturated rings. The van der Waals surface area contributed by atoms with E-state index in [1.807, 2.05) is 6.92 Å². The van der Waals surface area contributed by atoms with Gasteiger partial charge in [-0.1, -0.05) is 13.8 Å². The lowest BCUT2D eigenvalue weighted by atomic mass is 10.1. The number of carbonyl (C=O) groups excluding carboxylic acids is 1. The lowest BCUT2D eigenvalue weighted by Gasteiger charge is -2.04. The molecule has 1 aromatic rings. The van der Waals surface area contributed by atoms with Crippen molar-refractivity contribution in [1.82, 2.24) is 9.78 Å². The summed E-state index contributed by atoms with van der Waals surface area (Å²) in [5.74, 6) is 0.600. The lowest BCUT2D eigenvalue weighted by molar-refractivity contribution is -0.117. The molecule has 0 aliphatic heterocycles. The average Bonchev–Trinajstić information content (AvgIpc) is 2.25. The van der Waals surface area contributed by atoms with Gasteiger partial charge in [0.2, 0.25) is 0 Å². The number of rotatable bonds is 3. The monoisotopic (exact) mass is 306 g/mol. The van der Waals surface area contributed by atoms with Crippen molar-refractivity contribution in [3.05, 3.63) is 15.0 Å². The fraction of sp³-hybridized carbons (Fsp3) is 0.600. The largest absolute Gasteiger partial charge is 0.298 e. The first-order chi connectivity index (χ1) is 6.43. The highest BCUT2D eigenvalue weighted by molar-refractivity contribution is 14.1. The Morgan fingerprint density at radius 3 is 2.50 bits per heavy atom. The number of aryl methyl sites for hydroxylation is 1. The van der Waals surface area contributed by atoms with Crippen LogP contribution in [-0.4, -0.2) is 15.6 Å². The van der Waals surface area contributed by atoms with Crippen LogP contribution < -0.4 is 0 Å². The smallest absolute Gasteiger partial charge is 0.151 e. The van der Waals surface area contributed by atoms with Gasteiger partial charge in [0, 0.05) is 5.56 Å². The van der Waals surface area contributed by atoms with E-state index in [4.69, 9.17) is 0 Å². The summed E-state index contributed by atoms with van der Waals surface area (Å²) in [4.78, 5) is 11.0. The van der Waals surface area contributed by atoms with E-state index in [0.717, 1.165) is 9.39 Å². The van der Waals surface area contributed by atoms with Crippen molar-refractivity contribution in [3.63, 3.8) is 0 Å². The maximum absolute atomic E-state index is 11.0. The molecule has 0 aromatic carbocycles. The molecule has 0 amide bonds. The molecule has 1 rings (SSSR count). The van der Waals surface area contributed by atoms with Crippen LogP contribution in [0.1, 0.15) is 37.9 Å². The molecule has 0 spiro atoms. The van der Waals surface area contributed by atoms with E-state index in [0.29, 0.717) is 12.5 Å². The maximum atomic E-state index is 11.0. The maximum Gasteiger partial charge on any atom is 0.151 e. The van der Waals surface area contributed by atoms with Gasteiger partial charge in [-0.3, -0.25) is 9.48 Å². The van der Waals surface area contributed by atoms with Crippen molar-refractivity contribution in [2.45, 2.75) is 40.2 Å². The second-order valence-electron chi connectivity index (χ2n) is 3.80. The van der Waals surface area contributed by atoms with Crippen molar-refractivity contribution >= 4 is 28.4 Å². The van der Waals surface area contributed by atoms with E-state index in [1.54, 1.807) is 11.6 Å². The second kappa shape index (κ2) is 4.42. The summed E-state index contributed by atoms with van der Waals surface area (Å²) in [7, 11) is 0. The van der Waals surface area contributed by atoms with Gasteiger partial charge in [-0.2, -0.15) is 5.10 Å². The van der Waals surface area contributed by atoms with Crippen molar-refractivity contribution in [2.24, 2.45) is 0 Å². The van der Waals surface area contributed by atoms with Crippen molar-refractivity contribution in [1.29, 1.82) is 0 Å². The minimum absolute atomic E-state index is 0.140. The number of hydrogen-bond acceptors (Lipinski definition) is 2. The van der Waals surface area contributed by atoms with E-state index in [2.05, 4.69) is 41.5 Å². The third kappa shape index (κ3) is 2.34. The highest BCUT2D eigenvalue weighted by Gasteiger charge is 2.15. The van der Waals surface area contributed by atoms with Crippen molar-refractivity contribution in [2.75, 3.05) is 0 Å². The molecule has 0 saturated heterocycles. The summed E-state index contributed by atoms with van der Waals surface area (Å²) >= 11 is 2.26. The van der Waals surface area contributed by atoms with Crippen LogP contribution in [0.2, 0.25) is 0 Å². The summed E-state index contributed by atoms with van der Waals surface area (Å²) in [6.45, 7) is 8.25. The van der Waals surface area contributed by atoms with Gasteiger partial charge < -0.3 is 0 Å². The van der Waals surface area contributed by atoms with Gasteiger partial charge in [0.15, 0.2) is 5.78 Å². The summed E-state index contributed by atoms with van der Waals surface area (Å²) in [6, 6.07) is 0. The number of Topliss-reactive ketones (excluding diaryl/α,β-unsaturated/α-hetero) is 1. The van der Waals surface area contributed by atoms with E-state index >= 15 is 0 Å². The Kier molecular flexibility index (Phi) is 3.69. The molecule has 3 nitrogen and oxygen atoms in total. The fourth-order valence-electron chi connectivity index (χ4n) is 1.54. The molecule has 4 heteroatoms. The summed E-state index contributed by atoms with van der Waals surface area (Å²) in [6.07, 6.45) is 0. The fourth-order valence-corrected chi connectivity index (χ4v) is 2.83. The Hall–Kier alpha value is -0.390. The molecule has 0 aliphatic carbocycles. The molecule has 0 saturated carbocycles. The van der Waals surface area contributed by atoms with E-state index in [9.17, 15) is 4.79 Å². The van der Waals surface area contributed by atoms with Crippen LogP contribution in [-0.2, 0) is 11.3 Å². The highest BCUT2D eigenvalue weighted by Crippen LogP contribution is 2.24. The minimum Gasteiger partial charge on any atom is -0.298 e. The number of nitrogens with zero attached hydrogens (tertiary/aromatic N) is 2. The van der Waals surface area contributed by atoms with Gasteiger partial charge in [-0.05, 0) is 42.4 Å². The van der Waals surface area contributed by atoms with Crippen LogP contribution in [0.25, 0.3) is 0 Å². The highest BCUT2D eigenvalue weighted by atomic mass is 127. The number of hydrogen-bond donors (Lipinski definition) is 0. The number of aromatic nitrogens is 2. The number of halogens is 1. The van der Waals surface area contributed by atoms with Crippen LogP contribution in [0.4, 0.5) is 0 Å². The summed E-state index contributed by atoms with van der Waals surface area (Å²) in [5.41, 5.74) is 2.29. The van der Waals surface area contributed by atoms with E-state index in [-0.39, 0.29) is 5.78 Å². The van der Waals surface area contributed by atoms with Crippen LogP contribution in [0.15, 0.2) is 0 Å². The predicted molar refractivity (Wildman–Crippen MR) is 64.5 cm³/mol. The summed E-state index contributed by atoms with van der Waals surface area (Å²) < 4.78 is 2.87. The topological polar surface area (TPSA) is 34.9 Å². The zero-order chi connectivity index (χ0) is 10.9. The van der Waals surface area contributed by atoms with Crippen molar-refractivity contribution < 1.29 is 4.79 Å². The molecule has 0 atom stereocenters. The quantitative estimate of drug-likeness (QED) is 0.804. The second-order valence-corrected chi connectivity index (χ2v) is 4.83. The number of carbonyl (C=O) groups is 1. The SMILES string of the molecule is CC(=O)Cn1nc(C)c(C(C)C)c1I. The molecule has 0 N–H and O–H groups in total. The first kappa shape index (κ1) is 11.7. The average molecular weight is 306 g/mol. The van der Waals surface area contributed by atoms with Crippen LogP contribution in [0.5, 0.6) is 0 Å². The lowest BCUT2D eigenvalue weighted by Crippen LogP contribution is -2.09. The third-order valence-corrected chi connectivity index (χ3v) is 3.20. The standard InChI is InChI=1S/C10H15IN2O/c1-6(2)9-8(4)12-13(10(9)11)5-7(3)14/h6H,5H2,1-4H3. The first-order valence-corrected chi connectivity index (χ1v) is 5.73. The summed E-state index contributed by atoms with van der Waals surface area (Å²) in [5, 5.41) is 4.36. The normalized spacial score (nSPS) is 11.0. The molecule has 1 heterocycles. The van der Waals surface area contributed by atoms with Gasteiger partial charge >= 0.3 is 0 Å². The van der Waals surface area contributed by atoms with Gasteiger partial charge in [0.25, 0.3) is 0 Å². The molecule has 0 radical (unpaired) electrons. The van der Waals surface area contributed by atoms with E-state index in [1.165, 1.54) is 5.56 Å². The molecule has 78 valence electrons. The van der Waals surface area contributed by atoms with Crippen molar-refractivity contribution in [3.8, 4) is 0 Å². The molecule has 0 aliphatic rings. The Bertz CT molecular complexity index is 355. The van der Waals surface area contributed by atoms with Gasteiger partial charge in [0.1, 0.15) is 10.2 Å². The number of ketones is 1. The van der Waals surface area contributed by atoms with Crippen LogP contribution in [0.3, 0.4) is 0 Å². The molecular weight excluding hydrogens is 291 g/mol. The van der Waals surface area contributed by atoms with E-state index < -0.39 is 0 Å². The Labute approximate surface area is 98.0 Å². The van der Waals surface area contributed by atoms with Gasteiger partial charge in [-0.15, -0.1) is 0 Å². The van der Waals surface area contributed by atoms with Gasteiger partial charge in [-0.25, -0.2) is 0 Å².